The number of methoxy groups -OCH3 is 1. The molecule has 2 fully saturated rings. The molecule has 0 amide bonds. The average Bonchev–Trinajstić information content (AvgIpc) is 2.83. The minimum absolute atomic E-state index is 0.0629. The van der Waals surface area contributed by atoms with Crippen molar-refractivity contribution in [3.8, 4) is 0 Å². The van der Waals surface area contributed by atoms with E-state index in [1.807, 2.05) is 0 Å². The van der Waals surface area contributed by atoms with Gasteiger partial charge in [-0.25, -0.2) is 48.7 Å². The van der Waals surface area contributed by atoms with Crippen molar-refractivity contribution in [1.82, 2.24) is 0 Å². The van der Waals surface area contributed by atoms with Crippen LogP contribution in [0.25, 0.3) is 0 Å². The third-order valence-electron chi connectivity index (χ3n) is 7.23. The number of hydrogen-bond donors (Lipinski definition) is 0. The Balaban J connectivity index is 2.33. The van der Waals surface area contributed by atoms with Crippen molar-refractivity contribution >= 4 is 5.97 Å². The van der Waals surface area contributed by atoms with Crippen LogP contribution < -0.4 is 0 Å². The van der Waals surface area contributed by atoms with Crippen LogP contribution in [-0.4, -0.2) is 92.4 Å². The number of hydrogen-bond acceptors (Lipinski definition) is 3. The third kappa shape index (κ3) is 6.48. The van der Waals surface area contributed by atoms with E-state index < -0.39 is 104 Å². The number of fused-ring (bicyclic) bond motifs is 2. The van der Waals surface area contributed by atoms with Crippen molar-refractivity contribution in [2.75, 3.05) is 13.8 Å². The molecular weight excluding hydrogens is 552 g/mol. The van der Waals surface area contributed by atoms with Gasteiger partial charge in [0.25, 0.3) is 0 Å². The summed E-state index contributed by atoms with van der Waals surface area (Å²) in [6.07, 6.45) is -33.8. The Hall–Kier alpha value is -1.41. The molecule has 13 unspecified atom stereocenters. The minimum atomic E-state index is -4.04. The van der Waals surface area contributed by atoms with Gasteiger partial charge in [-0.3, -0.25) is 0 Å². The minimum Gasteiger partial charge on any atom is -0.455 e. The SMILES string of the molecule is COC1C2CC(C)CC(OC(=O)C(C)(F)F)(C2)CC1(F)C(F)C(F)C(F)C(F)C(F)C(F)C(F)C(F)CF. The van der Waals surface area contributed by atoms with Gasteiger partial charge in [0.05, 0.1) is 6.10 Å². The number of esters is 1. The number of halogens is 12. The Bertz CT molecular complexity index is 802. The van der Waals surface area contributed by atoms with E-state index in [4.69, 9.17) is 9.47 Å². The highest BCUT2D eigenvalue weighted by atomic mass is 19.3. The van der Waals surface area contributed by atoms with Crippen LogP contribution in [0.3, 0.4) is 0 Å². The summed E-state index contributed by atoms with van der Waals surface area (Å²) in [4.78, 5) is 11.9. The maximum atomic E-state index is 16.3. The lowest BCUT2D eigenvalue weighted by Crippen LogP contribution is -2.66. The average molecular weight is 582 g/mol. The Kier molecular flexibility index (Phi) is 10.4. The highest BCUT2D eigenvalue weighted by Crippen LogP contribution is 2.55. The molecule has 38 heavy (non-hydrogen) atoms. The second-order valence-corrected chi connectivity index (χ2v) is 10.5. The van der Waals surface area contributed by atoms with E-state index in [9.17, 15) is 48.7 Å². The zero-order chi connectivity index (χ0) is 29.4. The maximum absolute atomic E-state index is 16.3. The molecule has 13 atom stereocenters. The van der Waals surface area contributed by atoms with Crippen LogP contribution in [0.1, 0.15) is 39.5 Å². The van der Waals surface area contributed by atoms with Crippen LogP contribution in [-0.2, 0) is 14.3 Å². The first-order chi connectivity index (χ1) is 17.3. The van der Waals surface area contributed by atoms with E-state index in [-0.39, 0.29) is 26.2 Å². The van der Waals surface area contributed by atoms with E-state index in [1.54, 1.807) is 6.92 Å². The fraction of sp³-hybridized carbons (Fsp3) is 0.957. The molecule has 2 rings (SSSR count). The Morgan fingerprint density at radius 3 is 1.89 bits per heavy atom. The van der Waals surface area contributed by atoms with Gasteiger partial charge < -0.3 is 9.47 Å². The molecule has 2 aliphatic rings. The fourth-order valence-corrected chi connectivity index (χ4v) is 5.70. The largest absolute Gasteiger partial charge is 0.455 e. The van der Waals surface area contributed by atoms with E-state index in [2.05, 4.69) is 0 Å². The van der Waals surface area contributed by atoms with Gasteiger partial charge in [-0.15, -0.1) is 0 Å². The summed E-state index contributed by atoms with van der Waals surface area (Å²) >= 11 is 0. The lowest BCUT2D eigenvalue weighted by molar-refractivity contribution is -0.240. The highest BCUT2D eigenvalue weighted by Gasteiger charge is 2.66. The molecule has 0 aromatic carbocycles. The van der Waals surface area contributed by atoms with Gasteiger partial charge in [0.2, 0.25) is 0 Å². The van der Waals surface area contributed by atoms with Crippen LogP contribution in [0, 0.1) is 11.8 Å². The number of carbonyl (C=O) groups is 1. The molecular formula is C23H30F12O3. The van der Waals surface area contributed by atoms with Crippen LogP contribution in [0.5, 0.6) is 0 Å². The van der Waals surface area contributed by atoms with Gasteiger partial charge in [-0.2, -0.15) is 8.78 Å². The zero-order valence-electron chi connectivity index (χ0n) is 20.6. The fourth-order valence-electron chi connectivity index (χ4n) is 5.70. The predicted molar refractivity (Wildman–Crippen MR) is 110 cm³/mol. The second kappa shape index (κ2) is 12.0. The molecule has 15 heteroatoms. The molecule has 0 aromatic heterocycles. The van der Waals surface area contributed by atoms with Gasteiger partial charge in [0.1, 0.15) is 12.3 Å². The van der Waals surface area contributed by atoms with Gasteiger partial charge in [0.15, 0.2) is 55.0 Å². The molecule has 0 heterocycles. The van der Waals surface area contributed by atoms with Crippen LogP contribution in [0.2, 0.25) is 0 Å². The molecule has 2 bridgehead atoms. The Labute approximate surface area is 211 Å². The molecule has 224 valence electrons. The lowest BCUT2D eigenvalue weighted by Gasteiger charge is -2.55. The van der Waals surface area contributed by atoms with Gasteiger partial charge in [0, 0.05) is 20.5 Å². The summed E-state index contributed by atoms with van der Waals surface area (Å²) in [6.45, 7) is -0.359. The molecule has 2 saturated carbocycles. The van der Waals surface area contributed by atoms with Crippen molar-refractivity contribution in [3.63, 3.8) is 0 Å². The molecule has 0 N–H and O–H groups in total. The zero-order valence-corrected chi connectivity index (χ0v) is 20.6. The number of carbonyl (C=O) groups excluding carboxylic acids is 1. The monoisotopic (exact) mass is 582 g/mol. The van der Waals surface area contributed by atoms with Crippen LogP contribution in [0.15, 0.2) is 0 Å². The molecule has 0 spiro atoms. The van der Waals surface area contributed by atoms with Gasteiger partial charge in [-0.05, 0) is 31.1 Å². The quantitative estimate of drug-likeness (QED) is 0.204. The molecule has 0 saturated heterocycles. The number of alkyl halides is 12. The van der Waals surface area contributed by atoms with Crippen molar-refractivity contribution in [2.24, 2.45) is 11.8 Å². The van der Waals surface area contributed by atoms with Crippen molar-refractivity contribution < 1.29 is 67.0 Å². The molecule has 0 aromatic rings. The third-order valence-corrected chi connectivity index (χ3v) is 7.23. The first-order valence-corrected chi connectivity index (χ1v) is 11.9. The smallest absolute Gasteiger partial charge is 0.377 e. The van der Waals surface area contributed by atoms with Crippen molar-refractivity contribution in [1.29, 1.82) is 0 Å². The summed E-state index contributed by atoms with van der Waals surface area (Å²) in [5, 5.41) is 0. The highest BCUT2D eigenvalue weighted by molar-refractivity contribution is 5.77. The van der Waals surface area contributed by atoms with Crippen molar-refractivity contribution in [2.45, 2.75) is 112 Å². The van der Waals surface area contributed by atoms with E-state index >= 15 is 8.78 Å². The Morgan fingerprint density at radius 1 is 0.921 bits per heavy atom. The maximum Gasteiger partial charge on any atom is 0.377 e. The van der Waals surface area contributed by atoms with E-state index in [1.165, 1.54) is 0 Å². The Morgan fingerprint density at radius 2 is 1.42 bits per heavy atom. The summed E-state index contributed by atoms with van der Waals surface area (Å²) in [6, 6.07) is 0. The van der Waals surface area contributed by atoms with Gasteiger partial charge in [-0.1, -0.05) is 6.92 Å². The standard InChI is InChI=1S/C23H30F12O3/c1-9-4-10-6-22(5-9,38-20(36)21(2,33)34)8-23(35,19(10)37-3)18(32)17(31)16(30)15(29)14(28)13(27)12(26)11(25)7-24/h9-19H,4-8H2,1-3H3. The topological polar surface area (TPSA) is 35.5 Å². The lowest BCUT2D eigenvalue weighted by atomic mass is 9.58. The van der Waals surface area contributed by atoms with Crippen molar-refractivity contribution in [3.05, 3.63) is 0 Å². The van der Waals surface area contributed by atoms with Crippen LogP contribution in [0.4, 0.5) is 52.7 Å². The molecule has 0 aliphatic heterocycles. The molecule has 2 aliphatic carbocycles. The van der Waals surface area contributed by atoms with Gasteiger partial charge >= 0.3 is 11.9 Å². The molecule has 0 radical (unpaired) electrons. The second-order valence-electron chi connectivity index (χ2n) is 10.5. The van der Waals surface area contributed by atoms with E-state index in [0.717, 1.165) is 7.11 Å². The predicted octanol–water partition coefficient (Wildman–Crippen LogP) is 6.16. The first kappa shape index (κ1) is 32.8. The summed E-state index contributed by atoms with van der Waals surface area (Å²) in [5.74, 6) is -7.59. The van der Waals surface area contributed by atoms with Crippen LogP contribution >= 0.6 is 0 Å². The van der Waals surface area contributed by atoms with E-state index in [0.29, 0.717) is 0 Å². The summed E-state index contributed by atoms with van der Waals surface area (Å²) in [5.41, 5.74) is -5.74. The number of rotatable bonds is 12. The normalized spacial score (nSPS) is 36.3. The first-order valence-electron chi connectivity index (χ1n) is 11.9. The summed E-state index contributed by atoms with van der Waals surface area (Å²) < 4.78 is 178. The summed E-state index contributed by atoms with van der Waals surface area (Å²) in [7, 11) is 0.882. The molecule has 3 nitrogen and oxygen atoms in total. The number of ether oxygens (including phenoxy) is 2.